The number of halogens is 1. The molecule has 3 aromatic carbocycles. The summed E-state index contributed by atoms with van der Waals surface area (Å²) in [6, 6.07) is 13.8. The average molecular weight is 636 g/mol. The molecule has 0 spiro atoms. The van der Waals surface area contributed by atoms with E-state index >= 15 is 0 Å². The number of anilines is 1. The number of esters is 1. The molecule has 0 radical (unpaired) electrons. The Bertz CT molecular complexity index is 1870. The molecule has 1 aliphatic carbocycles. The zero-order valence-corrected chi connectivity index (χ0v) is 25.6. The minimum absolute atomic E-state index is 0.0367. The first-order chi connectivity index (χ1) is 21.6. The topological polar surface area (TPSA) is 138 Å². The van der Waals surface area contributed by atoms with E-state index in [0.717, 1.165) is 5.39 Å². The van der Waals surface area contributed by atoms with Crippen molar-refractivity contribution in [3.8, 4) is 11.6 Å². The van der Waals surface area contributed by atoms with Gasteiger partial charge < -0.3 is 29.8 Å². The number of aromatic amines is 1. The standard InChI is InChI=1S/C33H34FN3O7S/c1-3-44-33(40)24-14-15-37(30(24)23-6-4-5-7-28(23)45(41,42)22-11-12-22)32(39)29(19-9-13-26(34)27(16-19)43-2)36-21-10-8-20-18-35-31(38)25(20)17-21/h4-10,13,16-18,22,24,29-30,35-36,38H,3,11-12,14-15H2,1-2H3/t24-,29?,30-/m0/s1. The average Bonchev–Trinajstić information content (AvgIpc) is 3.72. The highest BCUT2D eigenvalue weighted by Crippen LogP contribution is 2.45. The fraction of sp³-hybridized carbons (Fsp3) is 0.333. The first-order valence-electron chi connectivity index (χ1n) is 14.8. The van der Waals surface area contributed by atoms with E-state index in [1.807, 2.05) is 0 Å². The monoisotopic (exact) mass is 635 g/mol. The lowest BCUT2D eigenvalue weighted by Gasteiger charge is -2.33. The maximum atomic E-state index is 14.7. The van der Waals surface area contributed by atoms with Crippen molar-refractivity contribution in [1.82, 2.24) is 9.88 Å². The molecule has 3 atom stereocenters. The van der Waals surface area contributed by atoms with Gasteiger partial charge in [0.15, 0.2) is 27.3 Å². The van der Waals surface area contributed by atoms with Crippen LogP contribution in [0.1, 0.15) is 49.4 Å². The molecule has 3 N–H and O–H groups in total. The third kappa shape index (κ3) is 5.70. The molecule has 4 aromatic rings. The van der Waals surface area contributed by atoms with Crippen LogP contribution < -0.4 is 10.1 Å². The summed E-state index contributed by atoms with van der Waals surface area (Å²) < 4.78 is 52.2. The molecule has 2 heterocycles. The number of aromatic nitrogens is 1. The van der Waals surface area contributed by atoms with E-state index in [1.165, 1.54) is 36.3 Å². The van der Waals surface area contributed by atoms with Gasteiger partial charge >= 0.3 is 5.97 Å². The molecule has 1 unspecified atom stereocenters. The Hall–Kier alpha value is -4.58. The van der Waals surface area contributed by atoms with Gasteiger partial charge in [-0.1, -0.05) is 30.3 Å². The molecule has 6 rings (SSSR count). The van der Waals surface area contributed by atoms with Crippen molar-refractivity contribution in [3.05, 3.63) is 83.8 Å². The van der Waals surface area contributed by atoms with Crippen molar-refractivity contribution >= 4 is 38.2 Å². The van der Waals surface area contributed by atoms with Crippen LogP contribution in [0.15, 0.2) is 71.8 Å². The number of carbonyl (C=O) groups is 2. The summed E-state index contributed by atoms with van der Waals surface area (Å²) in [5.74, 6) is -2.48. The second-order valence-corrected chi connectivity index (χ2v) is 13.5. The smallest absolute Gasteiger partial charge is 0.311 e. The number of benzene rings is 3. The molecule has 1 amide bonds. The molecule has 2 fully saturated rings. The second kappa shape index (κ2) is 12.1. The van der Waals surface area contributed by atoms with E-state index in [-0.39, 0.29) is 36.1 Å². The minimum atomic E-state index is -3.69. The van der Waals surface area contributed by atoms with Gasteiger partial charge in [-0.15, -0.1) is 0 Å². The first-order valence-corrected chi connectivity index (χ1v) is 16.4. The number of nitrogens with one attached hydrogen (secondary N) is 2. The third-order valence-electron chi connectivity index (χ3n) is 8.52. The normalized spacial score (nSPS) is 19.0. The number of nitrogens with zero attached hydrogens (tertiary/aromatic N) is 1. The van der Waals surface area contributed by atoms with Gasteiger partial charge in [0.1, 0.15) is 6.04 Å². The van der Waals surface area contributed by atoms with Gasteiger partial charge in [-0.2, -0.15) is 0 Å². The number of aromatic hydroxyl groups is 1. The highest BCUT2D eigenvalue weighted by atomic mass is 32.2. The Kier molecular flexibility index (Phi) is 8.17. The molecule has 12 heteroatoms. The molecule has 1 aliphatic heterocycles. The molecule has 2 aliphatic rings. The zero-order valence-electron chi connectivity index (χ0n) is 24.8. The number of sulfone groups is 1. The zero-order chi connectivity index (χ0) is 31.9. The Morgan fingerprint density at radius 1 is 1.11 bits per heavy atom. The predicted molar refractivity (Wildman–Crippen MR) is 165 cm³/mol. The summed E-state index contributed by atoms with van der Waals surface area (Å²) >= 11 is 0. The quantitative estimate of drug-likeness (QED) is 0.201. The Morgan fingerprint density at radius 2 is 1.89 bits per heavy atom. The van der Waals surface area contributed by atoms with Crippen molar-refractivity contribution in [3.63, 3.8) is 0 Å². The van der Waals surface area contributed by atoms with Crippen molar-refractivity contribution in [2.24, 2.45) is 5.92 Å². The number of likely N-dealkylation sites (tertiary alicyclic amines) is 1. The van der Waals surface area contributed by atoms with E-state index in [4.69, 9.17) is 9.47 Å². The van der Waals surface area contributed by atoms with Gasteiger partial charge in [-0.3, -0.25) is 9.59 Å². The summed E-state index contributed by atoms with van der Waals surface area (Å²) in [6.07, 6.45) is 3.03. The van der Waals surface area contributed by atoms with Gasteiger partial charge in [-0.05, 0) is 67.6 Å². The number of H-pyrrole nitrogens is 1. The van der Waals surface area contributed by atoms with Crippen molar-refractivity contribution in [2.45, 2.75) is 48.4 Å². The van der Waals surface area contributed by atoms with Crippen LogP contribution in [-0.4, -0.2) is 60.8 Å². The van der Waals surface area contributed by atoms with Crippen molar-refractivity contribution in [1.29, 1.82) is 0 Å². The number of fused-ring (bicyclic) bond motifs is 1. The summed E-state index contributed by atoms with van der Waals surface area (Å²) in [7, 11) is -2.36. The van der Waals surface area contributed by atoms with Crippen LogP contribution in [0.5, 0.6) is 11.6 Å². The highest BCUT2D eigenvalue weighted by molar-refractivity contribution is 7.92. The lowest BCUT2D eigenvalue weighted by Crippen LogP contribution is -2.40. The maximum absolute atomic E-state index is 14.7. The molecular formula is C33H34FN3O7S. The maximum Gasteiger partial charge on any atom is 0.311 e. The summed E-state index contributed by atoms with van der Waals surface area (Å²) in [5, 5.41) is 14.3. The Morgan fingerprint density at radius 3 is 2.62 bits per heavy atom. The molecule has 0 bridgehead atoms. The predicted octanol–water partition coefficient (Wildman–Crippen LogP) is 5.26. The van der Waals surface area contributed by atoms with Crippen LogP contribution in [0.25, 0.3) is 10.8 Å². The van der Waals surface area contributed by atoms with Gasteiger partial charge in [0.25, 0.3) is 0 Å². The Labute approximate surface area is 260 Å². The minimum Gasteiger partial charge on any atom is -0.494 e. The van der Waals surface area contributed by atoms with Gasteiger partial charge in [0.05, 0.1) is 35.8 Å². The number of ether oxygens (including phenoxy) is 2. The first kappa shape index (κ1) is 30.4. The number of hydrogen-bond acceptors (Lipinski definition) is 8. The third-order valence-corrected chi connectivity index (χ3v) is 10.9. The lowest BCUT2D eigenvalue weighted by atomic mass is 9.93. The van der Waals surface area contributed by atoms with Crippen LogP contribution in [0.4, 0.5) is 10.1 Å². The molecule has 10 nitrogen and oxygen atoms in total. The van der Waals surface area contributed by atoms with Crippen LogP contribution in [0.2, 0.25) is 0 Å². The van der Waals surface area contributed by atoms with Gasteiger partial charge in [0.2, 0.25) is 5.91 Å². The number of amides is 1. The number of carbonyl (C=O) groups excluding carboxylic acids is 2. The van der Waals surface area contributed by atoms with E-state index in [9.17, 15) is 27.5 Å². The lowest BCUT2D eigenvalue weighted by molar-refractivity contribution is -0.149. The van der Waals surface area contributed by atoms with Crippen LogP contribution in [-0.2, 0) is 24.2 Å². The summed E-state index contributed by atoms with van der Waals surface area (Å²) in [6.45, 7) is 1.97. The van der Waals surface area contributed by atoms with Crippen molar-refractivity contribution < 1.29 is 37.0 Å². The van der Waals surface area contributed by atoms with E-state index in [1.54, 1.807) is 49.5 Å². The number of rotatable bonds is 10. The van der Waals surface area contributed by atoms with Crippen LogP contribution in [0, 0.1) is 11.7 Å². The molecule has 236 valence electrons. The fourth-order valence-electron chi connectivity index (χ4n) is 6.14. The Balaban J connectivity index is 1.45. The second-order valence-electron chi connectivity index (χ2n) is 11.3. The van der Waals surface area contributed by atoms with Gasteiger partial charge in [-0.25, -0.2) is 12.8 Å². The molecule has 1 saturated heterocycles. The SMILES string of the molecule is CCOC(=O)[C@H]1CCN(C(=O)C(Nc2ccc3c[nH]c(O)c3c2)c2ccc(F)c(OC)c2)[C@H]1c1ccccc1S(=O)(=O)C1CC1. The highest BCUT2D eigenvalue weighted by Gasteiger charge is 2.48. The molecule has 1 aromatic heterocycles. The molecule has 45 heavy (non-hydrogen) atoms. The van der Waals surface area contributed by atoms with Crippen LogP contribution >= 0.6 is 0 Å². The van der Waals surface area contributed by atoms with E-state index in [0.29, 0.717) is 35.0 Å². The summed E-state index contributed by atoms with van der Waals surface area (Å²) in [4.78, 5) is 32.4. The van der Waals surface area contributed by atoms with E-state index in [2.05, 4.69) is 10.3 Å². The molecular weight excluding hydrogens is 601 g/mol. The molecule has 1 saturated carbocycles. The van der Waals surface area contributed by atoms with Crippen molar-refractivity contribution in [2.75, 3.05) is 25.6 Å². The largest absolute Gasteiger partial charge is 0.494 e. The fourth-order valence-corrected chi connectivity index (χ4v) is 8.04. The summed E-state index contributed by atoms with van der Waals surface area (Å²) in [5.41, 5.74) is 1.24. The number of hydrogen-bond donors (Lipinski definition) is 3. The van der Waals surface area contributed by atoms with E-state index < -0.39 is 50.8 Å². The van der Waals surface area contributed by atoms with Crippen LogP contribution in [0.3, 0.4) is 0 Å². The van der Waals surface area contributed by atoms with Gasteiger partial charge in [0, 0.05) is 29.2 Å². The number of methoxy groups -OCH3 is 1.